The smallest absolute Gasteiger partial charge is 0.253 e. The Morgan fingerprint density at radius 1 is 1.10 bits per heavy atom. The number of hydrogen-bond donors (Lipinski definition) is 3. The fourth-order valence-corrected chi connectivity index (χ4v) is 4.03. The first kappa shape index (κ1) is 23.1. The van der Waals surface area contributed by atoms with Crippen LogP contribution in [0.25, 0.3) is 0 Å². The molecule has 3 rings (SSSR count). The Balaban J connectivity index is 1.53. The summed E-state index contributed by atoms with van der Waals surface area (Å²) in [5.74, 6) is 1.14. The van der Waals surface area contributed by atoms with Gasteiger partial charge in [-0.2, -0.15) is 0 Å². The summed E-state index contributed by atoms with van der Waals surface area (Å²) in [7, 11) is 3.53. The first-order valence-electron chi connectivity index (χ1n) is 11.6. The fourth-order valence-electron chi connectivity index (χ4n) is 4.03. The van der Waals surface area contributed by atoms with Gasteiger partial charge in [0.25, 0.3) is 5.91 Å². The van der Waals surface area contributed by atoms with Gasteiger partial charge in [0.1, 0.15) is 0 Å². The Morgan fingerprint density at radius 2 is 1.90 bits per heavy atom. The van der Waals surface area contributed by atoms with E-state index in [4.69, 9.17) is 4.99 Å². The third-order valence-electron chi connectivity index (χ3n) is 5.90. The molecule has 31 heavy (non-hydrogen) atoms. The van der Waals surface area contributed by atoms with Gasteiger partial charge >= 0.3 is 0 Å². The predicted octanol–water partition coefficient (Wildman–Crippen LogP) is 2.32. The van der Waals surface area contributed by atoms with Crippen LogP contribution in [0.15, 0.2) is 29.3 Å². The molecule has 0 spiro atoms. The van der Waals surface area contributed by atoms with E-state index < -0.39 is 0 Å². The summed E-state index contributed by atoms with van der Waals surface area (Å²) in [5, 5.41) is 10.0. The maximum absolute atomic E-state index is 12.4. The van der Waals surface area contributed by atoms with Gasteiger partial charge in [0.2, 0.25) is 5.91 Å². The second kappa shape index (κ2) is 11.2. The lowest BCUT2D eigenvalue weighted by molar-refractivity contribution is -0.126. The van der Waals surface area contributed by atoms with Crippen molar-refractivity contribution < 1.29 is 9.59 Å². The molecule has 2 amide bonds. The van der Waals surface area contributed by atoms with E-state index >= 15 is 0 Å². The van der Waals surface area contributed by atoms with Crippen LogP contribution in [-0.4, -0.2) is 61.9 Å². The molecular formula is C24H37N5O2. The van der Waals surface area contributed by atoms with Crippen LogP contribution >= 0.6 is 0 Å². The lowest BCUT2D eigenvalue weighted by Gasteiger charge is -2.30. The molecule has 2 unspecified atom stereocenters. The highest BCUT2D eigenvalue weighted by Crippen LogP contribution is 2.26. The molecule has 0 saturated heterocycles. The Kier molecular flexibility index (Phi) is 8.32. The van der Waals surface area contributed by atoms with Crippen molar-refractivity contribution in [2.75, 3.05) is 27.2 Å². The molecule has 1 aromatic carbocycles. The molecule has 0 heterocycles. The molecule has 2 aliphatic rings. The fraction of sp³-hybridized carbons (Fsp3) is 0.625. The normalized spacial score (nSPS) is 21.3. The molecule has 2 aliphatic carbocycles. The van der Waals surface area contributed by atoms with Gasteiger partial charge in [-0.3, -0.25) is 14.6 Å². The zero-order valence-electron chi connectivity index (χ0n) is 19.1. The third kappa shape index (κ3) is 7.26. The van der Waals surface area contributed by atoms with Crippen molar-refractivity contribution >= 4 is 17.8 Å². The molecule has 0 radical (unpaired) electrons. The van der Waals surface area contributed by atoms with Crippen LogP contribution in [0.1, 0.15) is 61.4 Å². The van der Waals surface area contributed by atoms with E-state index in [2.05, 4.69) is 22.9 Å². The zero-order chi connectivity index (χ0) is 22.2. The lowest BCUT2D eigenvalue weighted by Crippen LogP contribution is -2.47. The maximum atomic E-state index is 12.4. The highest BCUT2D eigenvalue weighted by Gasteiger charge is 2.31. The van der Waals surface area contributed by atoms with Crippen molar-refractivity contribution in [3.8, 4) is 0 Å². The van der Waals surface area contributed by atoms with Crippen LogP contribution in [-0.2, 0) is 11.2 Å². The number of carbonyl (C=O) groups is 2. The van der Waals surface area contributed by atoms with Gasteiger partial charge in [-0.05, 0) is 63.1 Å². The van der Waals surface area contributed by atoms with Crippen molar-refractivity contribution in [3.05, 3.63) is 35.4 Å². The number of nitrogens with one attached hydrogen (secondary N) is 3. The molecule has 7 nitrogen and oxygen atoms in total. The van der Waals surface area contributed by atoms with E-state index in [-0.39, 0.29) is 23.8 Å². The molecule has 1 aromatic rings. The largest absolute Gasteiger partial charge is 0.357 e. The minimum Gasteiger partial charge on any atom is -0.357 e. The van der Waals surface area contributed by atoms with Crippen molar-refractivity contribution in [3.63, 3.8) is 0 Å². The average Bonchev–Trinajstić information content (AvgIpc) is 3.57. The quantitative estimate of drug-likeness (QED) is 0.439. The number of guanidine groups is 1. The number of rotatable bonds is 8. The summed E-state index contributed by atoms with van der Waals surface area (Å²) >= 11 is 0. The molecular weight excluding hydrogens is 390 g/mol. The lowest BCUT2D eigenvalue weighted by atomic mass is 9.85. The average molecular weight is 428 g/mol. The molecule has 0 aliphatic heterocycles. The summed E-state index contributed by atoms with van der Waals surface area (Å²) < 4.78 is 0. The summed E-state index contributed by atoms with van der Waals surface area (Å²) in [5.41, 5.74) is 1.80. The summed E-state index contributed by atoms with van der Waals surface area (Å²) in [4.78, 5) is 30.9. The highest BCUT2D eigenvalue weighted by atomic mass is 16.2. The van der Waals surface area contributed by atoms with Crippen molar-refractivity contribution in [2.24, 2.45) is 10.9 Å². The number of aliphatic imine (C=N–C) groups is 1. The second-order valence-electron chi connectivity index (χ2n) is 8.90. The van der Waals surface area contributed by atoms with E-state index in [0.29, 0.717) is 18.2 Å². The van der Waals surface area contributed by atoms with Crippen LogP contribution in [0.3, 0.4) is 0 Å². The van der Waals surface area contributed by atoms with Gasteiger partial charge in [0.05, 0.1) is 0 Å². The van der Waals surface area contributed by atoms with Crippen molar-refractivity contribution in [1.82, 2.24) is 20.9 Å². The van der Waals surface area contributed by atoms with E-state index in [1.165, 1.54) is 0 Å². The van der Waals surface area contributed by atoms with Crippen LogP contribution in [0.4, 0.5) is 0 Å². The van der Waals surface area contributed by atoms with E-state index in [1.807, 2.05) is 24.3 Å². The van der Waals surface area contributed by atoms with Crippen LogP contribution < -0.4 is 16.0 Å². The number of benzene rings is 1. The number of amides is 2. The standard InChI is InChI=1S/C24H37N5O2/c1-4-25-24(26-14-13-17-7-5-9-19(15-17)23(31)29(2)3)28-21-10-6-8-18(16-21)22(30)27-20-11-12-20/h5,7,9,15,18,20-21H,4,6,8,10-14,16H2,1-3H3,(H,27,30)(H2,25,26,28). The Bertz CT molecular complexity index is 788. The van der Waals surface area contributed by atoms with Gasteiger partial charge in [0, 0.05) is 50.7 Å². The third-order valence-corrected chi connectivity index (χ3v) is 5.90. The van der Waals surface area contributed by atoms with Gasteiger partial charge in [-0.1, -0.05) is 18.6 Å². The second-order valence-corrected chi connectivity index (χ2v) is 8.90. The summed E-state index contributed by atoms with van der Waals surface area (Å²) in [6, 6.07) is 8.44. The van der Waals surface area contributed by atoms with Gasteiger partial charge < -0.3 is 20.9 Å². The molecule has 7 heteroatoms. The van der Waals surface area contributed by atoms with E-state index in [9.17, 15) is 9.59 Å². The number of hydrogen-bond acceptors (Lipinski definition) is 3. The van der Waals surface area contributed by atoms with Gasteiger partial charge in [-0.15, -0.1) is 0 Å². The SMILES string of the molecule is CCNC(=NCCc1cccc(C(=O)N(C)C)c1)NC1CCCC(C(=O)NC2CC2)C1. The predicted molar refractivity (Wildman–Crippen MR) is 124 cm³/mol. The monoisotopic (exact) mass is 427 g/mol. The molecule has 2 atom stereocenters. The van der Waals surface area contributed by atoms with E-state index in [0.717, 1.165) is 63.0 Å². The molecule has 170 valence electrons. The zero-order valence-corrected chi connectivity index (χ0v) is 19.1. The number of carbonyl (C=O) groups excluding carboxylic acids is 2. The topological polar surface area (TPSA) is 85.8 Å². The molecule has 0 aromatic heterocycles. The Morgan fingerprint density at radius 3 is 2.61 bits per heavy atom. The molecule has 2 saturated carbocycles. The molecule has 2 fully saturated rings. The van der Waals surface area contributed by atoms with Crippen LogP contribution in [0, 0.1) is 5.92 Å². The minimum absolute atomic E-state index is 0.0120. The van der Waals surface area contributed by atoms with Crippen molar-refractivity contribution in [1.29, 1.82) is 0 Å². The Hall–Kier alpha value is -2.57. The summed E-state index contributed by atoms with van der Waals surface area (Å²) in [6.07, 6.45) is 6.98. The first-order valence-corrected chi connectivity index (χ1v) is 11.6. The molecule has 3 N–H and O–H groups in total. The minimum atomic E-state index is 0.0120. The maximum Gasteiger partial charge on any atom is 0.253 e. The van der Waals surface area contributed by atoms with Gasteiger partial charge in [-0.25, -0.2) is 0 Å². The highest BCUT2D eigenvalue weighted by molar-refractivity contribution is 5.94. The summed E-state index contributed by atoms with van der Waals surface area (Å²) in [6.45, 7) is 3.48. The number of nitrogens with zero attached hydrogens (tertiary/aromatic N) is 2. The van der Waals surface area contributed by atoms with Gasteiger partial charge in [0.15, 0.2) is 5.96 Å². The first-order chi connectivity index (χ1) is 15.0. The van der Waals surface area contributed by atoms with Crippen LogP contribution in [0.2, 0.25) is 0 Å². The van der Waals surface area contributed by atoms with Crippen LogP contribution in [0.5, 0.6) is 0 Å². The van der Waals surface area contributed by atoms with E-state index in [1.54, 1.807) is 19.0 Å². The van der Waals surface area contributed by atoms with Crippen molar-refractivity contribution in [2.45, 2.75) is 64.0 Å². The Labute approximate surface area is 186 Å². The molecule has 0 bridgehead atoms.